The first-order valence-corrected chi connectivity index (χ1v) is 4.53. The van der Waals surface area contributed by atoms with Crippen LogP contribution in [0.25, 0.3) is 0 Å². The van der Waals surface area contributed by atoms with Crippen molar-refractivity contribution in [1.29, 1.82) is 0 Å². The predicted molar refractivity (Wildman–Crippen MR) is 46.7 cm³/mol. The Morgan fingerprint density at radius 1 is 1.50 bits per heavy atom. The van der Waals surface area contributed by atoms with E-state index in [1.807, 2.05) is 27.7 Å². The van der Waals surface area contributed by atoms with Gasteiger partial charge in [-0.25, -0.2) is 4.21 Å². The quantitative estimate of drug-likeness (QED) is 0.569. The molecule has 2 nitrogen and oxygen atoms in total. The van der Waals surface area contributed by atoms with Gasteiger partial charge in [-0.3, -0.25) is 0 Å². The zero-order valence-electron chi connectivity index (χ0n) is 7.05. The summed E-state index contributed by atoms with van der Waals surface area (Å²) in [7, 11) is -1.07. The lowest BCUT2D eigenvalue weighted by Gasteiger charge is -2.12. The SMILES string of the molecule is CC/C=N\[S@](=O)C(C)(C)C. The maximum atomic E-state index is 11.1. The lowest BCUT2D eigenvalue weighted by Crippen LogP contribution is -2.19. The fraction of sp³-hybridized carbons (Fsp3) is 0.857. The Balaban J connectivity index is 3.98. The molecule has 0 bridgehead atoms. The van der Waals surface area contributed by atoms with Crippen LogP contribution >= 0.6 is 0 Å². The molecule has 3 heteroatoms. The van der Waals surface area contributed by atoms with Gasteiger partial charge in [-0.05, 0) is 27.2 Å². The molecule has 0 aromatic heterocycles. The fourth-order valence-corrected chi connectivity index (χ4v) is 0.901. The van der Waals surface area contributed by atoms with E-state index in [0.29, 0.717) is 0 Å². The van der Waals surface area contributed by atoms with Crippen LogP contribution in [0.4, 0.5) is 0 Å². The van der Waals surface area contributed by atoms with E-state index in [-0.39, 0.29) is 4.75 Å². The molecule has 1 atom stereocenters. The van der Waals surface area contributed by atoms with E-state index in [1.54, 1.807) is 6.21 Å². The Hall–Kier alpha value is -0.180. The molecule has 0 unspecified atom stereocenters. The maximum absolute atomic E-state index is 11.1. The summed E-state index contributed by atoms with van der Waals surface area (Å²) in [6, 6.07) is 0. The molecule has 0 saturated carbocycles. The molecule has 0 N–H and O–H groups in total. The minimum absolute atomic E-state index is 0.217. The van der Waals surface area contributed by atoms with Crippen molar-refractivity contribution in [3.8, 4) is 0 Å². The molecule has 0 aromatic carbocycles. The van der Waals surface area contributed by atoms with Crippen LogP contribution in [0.2, 0.25) is 0 Å². The van der Waals surface area contributed by atoms with Crippen molar-refractivity contribution in [3.05, 3.63) is 0 Å². The highest BCUT2D eigenvalue weighted by Crippen LogP contribution is 2.11. The van der Waals surface area contributed by atoms with Gasteiger partial charge in [-0.15, -0.1) is 0 Å². The minimum Gasteiger partial charge on any atom is -0.234 e. The van der Waals surface area contributed by atoms with Crippen LogP contribution in [0.5, 0.6) is 0 Å². The molecule has 0 saturated heterocycles. The monoisotopic (exact) mass is 161 g/mol. The highest BCUT2D eigenvalue weighted by atomic mass is 32.2. The first-order valence-electron chi connectivity index (χ1n) is 3.43. The normalized spacial score (nSPS) is 16.0. The second-order valence-electron chi connectivity index (χ2n) is 3.06. The zero-order valence-corrected chi connectivity index (χ0v) is 7.86. The van der Waals surface area contributed by atoms with Crippen LogP contribution in [0, 0.1) is 0 Å². The number of hydrogen-bond acceptors (Lipinski definition) is 1. The predicted octanol–water partition coefficient (Wildman–Crippen LogP) is 1.93. The molecule has 0 rings (SSSR count). The molecule has 0 heterocycles. The van der Waals surface area contributed by atoms with Crippen molar-refractivity contribution in [1.82, 2.24) is 0 Å². The second-order valence-corrected chi connectivity index (χ2v) is 4.99. The van der Waals surface area contributed by atoms with Gasteiger partial charge >= 0.3 is 0 Å². The van der Waals surface area contributed by atoms with Gasteiger partial charge in [-0.2, -0.15) is 4.40 Å². The van der Waals surface area contributed by atoms with Crippen LogP contribution in [-0.2, 0) is 11.0 Å². The molecule has 0 aliphatic carbocycles. The highest BCUT2D eigenvalue weighted by molar-refractivity contribution is 7.85. The van der Waals surface area contributed by atoms with Crippen LogP contribution in [0.3, 0.4) is 0 Å². The maximum Gasteiger partial charge on any atom is 0.144 e. The van der Waals surface area contributed by atoms with E-state index in [9.17, 15) is 4.21 Å². The van der Waals surface area contributed by atoms with Crippen molar-refractivity contribution in [2.45, 2.75) is 38.9 Å². The largest absolute Gasteiger partial charge is 0.234 e. The lowest BCUT2D eigenvalue weighted by atomic mass is 10.3. The van der Waals surface area contributed by atoms with Crippen LogP contribution in [0.1, 0.15) is 34.1 Å². The fourth-order valence-electron chi connectivity index (χ4n) is 0.300. The average molecular weight is 161 g/mol. The summed E-state index contributed by atoms with van der Waals surface area (Å²) in [5, 5.41) is 0. The van der Waals surface area contributed by atoms with Gasteiger partial charge in [0, 0.05) is 6.21 Å². The van der Waals surface area contributed by atoms with Crippen molar-refractivity contribution in [2.75, 3.05) is 0 Å². The molecule has 0 aliphatic heterocycles. The van der Waals surface area contributed by atoms with E-state index in [4.69, 9.17) is 0 Å². The Morgan fingerprint density at radius 3 is 2.30 bits per heavy atom. The summed E-state index contributed by atoms with van der Waals surface area (Å²) in [5.74, 6) is 0. The van der Waals surface area contributed by atoms with Gasteiger partial charge in [0.1, 0.15) is 11.0 Å². The third kappa shape index (κ3) is 3.77. The van der Waals surface area contributed by atoms with Gasteiger partial charge in [-0.1, -0.05) is 6.92 Å². The van der Waals surface area contributed by atoms with Gasteiger partial charge in [0.05, 0.1) is 4.75 Å². The second kappa shape index (κ2) is 3.86. The topological polar surface area (TPSA) is 29.4 Å². The molecular formula is C7H15NOS. The Labute approximate surface area is 65.3 Å². The summed E-state index contributed by atoms with van der Waals surface area (Å²) >= 11 is 0. The molecular weight excluding hydrogens is 146 g/mol. The number of hydrogen-bond donors (Lipinski definition) is 0. The summed E-state index contributed by atoms with van der Waals surface area (Å²) < 4.78 is 14.8. The van der Waals surface area contributed by atoms with E-state index >= 15 is 0 Å². The van der Waals surface area contributed by atoms with Crippen LogP contribution in [0.15, 0.2) is 4.40 Å². The van der Waals surface area contributed by atoms with Crippen molar-refractivity contribution < 1.29 is 4.21 Å². The molecule has 0 spiro atoms. The smallest absolute Gasteiger partial charge is 0.144 e. The minimum atomic E-state index is -1.07. The van der Waals surface area contributed by atoms with E-state index in [0.717, 1.165) is 6.42 Å². The molecule has 0 radical (unpaired) electrons. The molecule has 0 aliphatic rings. The van der Waals surface area contributed by atoms with Crippen molar-refractivity contribution in [2.24, 2.45) is 4.40 Å². The molecule has 10 heavy (non-hydrogen) atoms. The summed E-state index contributed by atoms with van der Waals surface area (Å²) in [6.45, 7) is 7.71. The Morgan fingerprint density at radius 2 is 2.00 bits per heavy atom. The lowest BCUT2D eigenvalue weighted by molar-refractivity contribution is 0.651. The first-order chi connectivity index (χ1) is 4.48. The average Bonchev–Trinajstić information content (AvgIpc) is 1.80. The van der Waals surface area contributed by atoms with Crippen molar-refractivity contribution >= 4 is 17.2 Å². The van der Waals surface area contributed by atoms with Gasteiger partial charge < -0.3 is 0 Å². The molecule has 0 aromatic rings. The standard InChI is InChI=1S/C7H15NOS/c1-5-6-8-10(9)7(2,3)4/h6H,5H2,1-4H3/b8-6-/t10-/m1/s1. The van der Waals surface area contributed by atoms with Gasteiger partial charge in [0.25, 0.3) is 0 Å². The number of rotatable bonds is 2. The summed E-state index contributed by atoms with van der Waals surface area (Å²) in [5.41, 5.74) is 0. The van der Waals surface area contributed by atoms with Gasteiger partial charge in [0.2, 0.25) is 0 Å². The third-order valence-corrected chi connectivity index (χ3v) is 2.26. The third-order valence-electron chi connectivity index (χ3n) is 0.877. The van der Waals surface area contributed by atoms with E-state index < -0.39 is 11.0 Å². The Kier molecular flexibility index (Phi) is 3.79. The zero-order chi connectivity index (χ0) is 8.20. The molecule has 60 valence electrons. The van der Waals surface area contributed by atoms with Crippen LogP contribution < -0.4 is 0 Å². The van der Waals surface area contributed by atoms with Gasteiger partial charge in [0.15, 0.2) is 0 Å². The summed E-state index contributed by atoms with van der Waals surface area (Å²) in [6.07, 6.45) is 2.54. The summed E-state index contributed by atoms with van der Waals surface area (Å²) in [4.78, 5) is 0. The first kappa shape index (κ1) is 9.82. The molecule has 0 fully saturated rings. The Bertz CT molecular complexity index is 146. The van der Waals surface area contributed by atoms with E-state index in [2.05, 4.69) is 4.40 Å². The van der Waals surface area contributed by atoms with Crippen molar-refractivity contribution in [3.63, 3.8) is 0 Å². The van der Waals surface area contributed by atoms with Crippen LogP contribution in [-0.4, -0.2) is 15.2 Å². The highest BCUT2D eigenvalue weighted by Gasteiger charge is 2.17. The van der Waals surface area contributed by atoms with E-state index in [1.165, 1.54) is 0 Å². The number of nitrogens with zero attached hydrogens (tertiary/aromatic N) is 1. The molecule has 0 amide bonds.